The molecule has 1 aromatic carbocycles. The summed E-state index contributed by atoms with van der Waals surface area (Å²) >= 11 is 7.10. The number of tetrazole rings is 1. The molecule has 0 unspecified atom stereocenters. The van der Waals surface area contributed by atoms with E-state index in [1.54, 1.807) is 28.2 Å². The molecule has 10 heteroatoms. The predicted octanol–water partition coefficient (Wildman–Crippen LogP) is 1.35. The van der Waals surface area contributed by atoms with Gasteiger partial charge >= 0.3 is 5.97 Å². The van der Waals surface area contributed by atoms with Gasteiger partial charge in [-0.3, -0.25) is 9.69 Å². The van der Waals surface area contributed by atoms with Gasteiger partial charge in [0.05, 0.1) is 26.6 Å². The second-order valence-electron chi connectivity index (χ2n) is 5.47. The third-order valence-corrected chi connectivity index (χ3v) is 5.45. The van der Waals surface area contributed by atoms with Crippen molar-refractivity contribution in [2.45, 2.75) is 11.9 Å². The molecule has 2 aromatic rings. The highest BCUT2D eigenvalue weighted by Gasteiger charge is 2.27. The van der Waals surface area contributed by atoms with Crippen molar-refractivity contribution in [1.82, 2.24) is 24.7 Å². The standard InChI is InChI=1S/C15H19N5O3S2/c1-22-12-5-3-11(4-6-12)20-15(24)19(16-17-20)10-18-7-8-25-13(9-18)14(21)23-2/h3-6,13H,7-10H2,1-2H3/t13-/m0/s1. The zero-order valence-corrected chi connectivity index (χ0v) is 15.6. The highest BCUT2D eigenvalue weighted by molar-refractivity contribution is 8.00. The van der Waals surface area contributed by atoms with Gasteiger partial charge in [0.1, 0.15) is 11.0 Å². The van der Waals surface area contributed by atoms with E-state index in [9.17, 15) is 4.79 Å². The number of nitrogens with zero attached hydrogens (tertiary/aromatic N) is 5. The molecular weight excluding hydrogens is 362 g/mol. The molecule has 0 saturated carbocycles. The maximum atomic E-state index is 11.7. The van der Waals surface area contributed by atoms with Crippen LogP contribution in [0.5, 0.6) is 5.75 Å². The molecule has 0 spiro atoms. The molecule has 0 bridgehead atoms. The van der Waals surface area contributed by atoms with Gasteiger partial charge in [-0.2, -0.15) is 4.68 Å². The first kappa shape index (κ1) is 17.9. The molecule has 1 aromatic heterocycles. The van der Waals surface area contributed by atoms with Crippen molar-refractivity contribution in [2.75, 3.05) is 33.1 Å². The van der Waals surface area contributed by atoms with Gasteiger partial charge in [0, 0.05) is 18.8 Å². The molecule has 0 amide bonds. The van der Waals surface area contributed by atoms with Crippen molar-refractivity contribution in [3.05, 3.63) is 29.0 Å². The average Bonchev–Trinajstić information content (AvgIpc) is 3.02. The lowest BCUT2D eigenvalue weighted by molar-refractivity contribution is -0.140. The predicted molar refractivity (Wildman–Crippen MR) is 96.6 cm³/mol. The number of methoxy groups -OCH3 is 2. The van der Waals surface area contributed by atoms with Crippen LogP contribution in [0.1, 0.15) is 0 Å². The maximum Gasteiger partial charge on any atom is 0.320 e. The Kier molecular flexibility index (Phi) is 5.71. The Hall–Kier alpha value is -1.91. The summed E-state index contributed by atoms with van der Waals surface area (Å²) < 4.78 is 13.8. The number of hydrogen-bond donors (Lipinski definition) is 0. The molecule has 1 saturated heterocycles. The summed E-state index contributed by atoms with van der Waals surface area (Å²) in [6, 6.07) is 7.44. The zero-order chi connectivity index (χ0) is 17.8. The number of thioether (sulfide) groups is 1. The van der Waals surface area contributed by atoms with E-state index in [1.165, 1.54) is 7.11 Å². The molecule has 0 radical (unpaired) electrons. The molecule has 0 aliphatic carbocycles. The van der Waals surface area contributed by atoms with Crippen molar-refractivity contribution < 1.29 is 14.3 Å². The van der Waals surface area contributed by atoms with Gasteiger partial charge in [-0.05, 0) is 46.9 Å². The summed E-state index contributed by atoms with van der Waals surface area (Å²) in [5.41, 5.74) is 0.818. The van der Waals surface area contributed by atoms with Crippen LogP contribution in [0.15, 0.2) is 24.3 Å². The number of aromatic nitrogens is 4. The molecule has 8 nitrogen and oxygen atoms in total. The molecule has 3 rings (SSSR count). The summed E-state index contributed by atoms with van der Waals surface area (Å²) in [6.45, 7) is 1.95. The van der Waals surface area contributed by atoms with Crippen LogP contribution in [-0.2, 0) is 16.2 Å². The fourth-order valence-electron chi connectivity index (χ4n) is 2.54. The minimum absolute atomic E-state index is 0.176. The van der Waals surface area contributed by atoms with Crippen LogP contribution < -0.4 is 4.74 Å². The van der Waals surface area contributed by atoms with E-state index >= 15 is 0 Å². The number of ether oxygens (including phenoxy) is 2. The van der Waals surface area contributed by atoms with Crippen LogP contribution in [0, 0.1) is 4.77 Å². The number of carbonyl (C=O) groups is 1. The van der Waals surface area contributed by atoms with Gasteiger partial charge in [0.15, 0.2) is 0 Å². The number of rotatable bonds is 5. The summed E-state index contributed by atoms with van der Waals surface area (Å²) in [5.74, 6) is 1.43. The van der Waals surface area contributed by atoms with Crippen LogP contribution >= 0.6 is 24.0 Å². The van der Waals surface area contributed by atoms with Crippen LogP contribution in [0.25, 0.3) is 5.69 Å². The van der Waals surface area contributed by atoms with Gasteiger partial charge in [0.25, 0.3) is 0 Å². The minimum atomic E-state index is -0.194. The number of carbonyl (C=O) groups excluding carboxylic acids is 1. The van der Waals surface area contributed by atoms with E-state index in [4.69, 9.17) is 21.7 Å². The Bertz CT molecular complexity index is 789. The smallest absolute Gasteiger partial charge is 0.320 e. The highest BCUT2D eigenvalue weighted by atomic mass is 32.2. The lowest BCUT2D eigenvalue weighted by atomic mass is 10.3. The molecule has 2 heterocycles. The second kappa shape index (κ2) is 7.98. The fourth-order valence-corrected chi connectivity index (χ4v) is 3.98. The Labute approximate surface area is 154 Å². The first-order valence-corrected chi connectivity index (χ1v) is 9.17. The highest BCUT2D eigenvalue weighted by Crippen LogP contribution is 2.20. The fraction of sp³-hybridized carbons (Fsp3) is 0.467. The largest absolute Gasteiger partial charge is 0.497 e. The first-order valence-electron chi connectivity index (χ1n) is 7.71. The van der Waals surface area contributed by atoms with Gasteiger partial charge in [-0.25, -0.2) is 4.68 Å². The summed E-state index contributed by atoms with van der Waals surface area (Å²) in [7, 11) is 3.04. The Balaban J connectivity index is 1.72. The molecule has 1 fully saturated rings. The van der Waals surface area contributed by atoms with Crippen LogP contribution in [-0.4, -0.2) is 69.0 Å². The SMILES string of the molecule is COC(=O)[C@@H]1CN(Cn2nnn(-c3ccc(OC)cc3)c2=S)CCS1. The first-order chi connectivity index (χ1) is 12.1. The van der Waals surface area contributed by atoms with Gasteiger partial charge in [0.2, 0.25) is 4.77 Å². The normalized spacial score (nSPS) is 18.1. The lowest BCUT2D eigenvalue weighted by Crippen LogP contribution is -2.42. The third-order valence-electron chi connectivity index (χ3n) is 3.91. The number of hydrogen-bond acceptors (Lipinski definition) is 8. The lowest BCUT2D eigenvalue weighted by Gasteiger charge is -2.30. The monoisotopic (exact) mass is 381 g/mol. The maximum absolute atomic E-state index is 11.7. The van der Waals surface area contributed by atoms with Crippen LogP contribution in [0.4, 0.5) is 0 Å². The molecule has 134 valence electrons. The van der Waals surface area contributed by atoms with Gasteiger partial charge in [-0.1, -0.05) is 0 Å². The van der Waals surface area contributed by atoms with E-state index in [1.807, 2.05) is 24.3 Å². The molecule has 1 aliphatic rings. The van der Waals surface area contributed by atoms with Gasteiger partial charge in [-0.15, -0.1) is 11.8 Å². The van der Waals surface area contributed by atoms with Crippen LogP contribution in [0.2, 0.25) is 0 Å². The van der Waals surface area contributed by atoms with E-state index in [2.05, 4.69) is 15.3 Å². The number of esters is 1. The molecule has 1 atom stereocenters. The van der Waals surface area contributed by atoms with Crippen molar-refractivity contribution in [1.29, 1.82) is 0 Å². The molecular formula is C15H19N5O3S2. The number of benzene rings is 1. The third kappa shape index (κ3) is 4.02. The second-order valence-corrected chi connectivity index (χ2v) is 7.15. The van der Waals surface area contributed by atoms with Crippen molar-refractivity contribution >= 4 is 29.9 Å². The van der Waals surface area contributed by atoms with E-state index in [-0.39, 0.29) is 11.2 Å². The molecule has 25 heavy (non-hydrogen) atoms. The quantitative estimate of drug-likeness (QED) is 0.568. The average molecular weight is 381 g/mol. The van der Waals surface area contributed by atoms with Gasteiger partial charge < -0.3 is 9.47 Å². The topological polar surface area (TPSA) is 74.4 Å². The zero-order valence-electron chi connectivity index (χ0n) is 14.0. The van der Waals surface area contributed by atoms with Crippen molar-refractivity contribution in [2.24, 2.45) is 0 Å². The summed E-state index contributed by atoms with van der Waals surface area (Å²) in [6.07, 6.45) is 0. The molecule has 1 aliphatic heterocycles. The van der Waals surface area contributed by atoms with E-state index in [0.29, 0.717) is 18.0 Å². The van der Waals surface area contributed by atoms with Crippen LogP contribution in [0.3, 0.4) is 0 Å². The minimum Gasteiger partial charge on any atom is -0.497 e. The van der Waals surface area contributed by atoms with E-state index < -0.39 is 0 Å². The Morgan fingerprint density at radius 1 is 1.32 bits per heavy atom. The molecule has 0 N–H and O–H groups in total. The van der Waals surface area contributed by atoms with Crippen molar-refractivity contribution in [3.63, 3.8) is 0 Å². The summed E-state index contributed by atoms with van der Waals surface area (Å²) in [4.78, 5) is 13.9. The van der Waals surface area contributed by atoms with Crippen molar-refractivity contribution in [3.8, 4) is 11.4 Å². The Morgan fingerprint density at radius 2 is 2.08 bits per heavy atom. The summed E-state index contributed by atoms with van der Waals surface area (Å²) in [5, 5.41) is 8.11. The Morgan fingerprint density at radius 3 is 2.76 bits per heavy atom. The van der Waals surface area contributed by atoms with E-state index in [0.717, 1.165) is 23.7 Å².